The first-order valence-electron chi connectivity index (χ1n) is 5.88. The van der Waals surface area contributed by atoms with Crippen molar-refractivity contribution < 1.29 is 0 Å². The van der Waals surface area contributed by atoms with E-state index in [2.05, 4.69) is 15.0 Å². The molecule has 0 aliphatic heterocycles. The second-order valence-electron chi connectivity index (χ2n) is 4.32. The second-order valence-corrected chi connectivity index (χ2v) is 4.32. The third-order valence-corrected chi connectivity index (χ3v) is 3.04. The Hall–Kier alpha value is -2.20. The van der Waals surface area contributed by atoms with Gasteiger partial charge in [-0.1, -0.05) is 18.2 Å². The lowest BCUT2D eigenvalue weighted by Crippen LogP contribution is -1.96. The van der Waals surface area contributed by atoms with Crippen LogP contribution in [-0.4, -0.2) is 15.0 Å². The van der Waals surface area contributed by atoms with E-state index in [0.717, 1.165) is 33.7 Å². The molecule has 0 bridgehead atoms. The van der Waals surface area contributed by atoms with Crippen LogP contribution in [0.15, 0.2) is 36.5 Å². The molecule has 0 fully saturated rings. The molecule has 0 spiro atoms. The van der Waals surface area contributed by atoms with Crippen LogP contribution in [0.3, 0.4) is 0 Å². The van der Waals surface area contributed by atoms with E-state index in [-0.39, 0.29) is 0 Å². The van der Waals surface area contributed by atoms with Crippen LogP contribution in [0, 0.1) is 6.92 Å². The predicted molar refractivity (Wildman–Crippen MR) is 72.0 cm³/mol. The summed E-state index contributed by atoms with van der Waals surface area (Å²) in [6, 6.07) is 10.0. The smallest absolute Gasteiger partial charge is 0.178 e. The molecule has 18 heavy (non-hydrogen) atoms. The molecule has 3 N–H and O–H groups in total. The van der Waals surface area contributed by atoms with Gasteiger partial charge in [-0.2, -0.15) is 0 Å². The third-order valence-electron chi connectivity index (χ3n) is 3.04. The molecule has 0 saturated carbocycles. The van der Waals surface area contributed by atoms with E-state index in [0.29, 0.717) is 6.54 Å². The summed E-state index contributed by atoms with van der Waals surface area (Å²) in [6.45, 7) is 2.58. The van der Waals surface area contributed by atoms with Crippen molar-refractivity contribution in [3.63, 3.8) is 0 Å². The quantitative estimate of drug-likeness (QED) is 0.720. The lowest BCUT2D eigenvalue weighted by molar-refractivity contribution is 1.07. The number of fused-ring (bicyclic) bond motifs is 1. The van der Waals surface area contributed by atoms with E-state index in [4.69, 9.17) is 5.73 Å². The van der Waals surface area contributed by atoms with Gasteiger partial charge in [0.25, 0.3) is 0 Å². The van der Waals surface area contributed by atoms with Crippen LogP contribution in [0.1, 0.15) is 11.1 Å². The molecule has 3 rings (SSSR count). The summed E-state index contributed by atoms with van der Waals surface area (Å²) in [6.07, 6.45) is 1.78. The number of rotatable bonds is 2. The zero-order valence-corrected chi connectivity index (χ0v) is 10.1. The second kappa shape index (κ2) is 4.23. The number of nitrogens with one attached hydrogen (secondary N) is 1. The predicted octanol–water partition coefficient (Wildman–Crippen LogP) is 2.39. The highest BCUT2D eigenvalue weighted by molar-refractivity contribution is 5.78. The molecule has 90 valence electrons. The number of aromatic nitrogens is 3. The van der Waals surface area contributed by atoms with Gasteiger partial charge in [0.2, 0.25) is 0 Å². The Morgan fingerprint density at radius 2 is 2.17 bits per heavy atom. The molecule has 3 aromatic rings. The summed E-state index contributed by atoms with van der Waals surface area (Å²) in [5.41, 5.74) is 10.7. The van der Waals surface area contributed by atoms with Crippen LogP contribution in [0.5, 0.6) is 0 Å². The summed E-state index contributed by atoms with van der Waals surface area (Å²) in [5.74, 6) is 0.835. The molecule has 2 aromatic heterocycles. The van der Waals surface area contributed by atoms with Gasteiger partial charge in [0.15, 0.2) is 5.65 Å². The van der Waals surface area contributed by atoms with Gasteiger partial charge in [-0.15, -0.1) is 0 Å². The van der Waals surface area contributed by atoms with Gasteiger partial charge in [-0.3, -0.25) is 0 Å². The number of benzene rings is 1. The Balaban J connectivity index is 2.16. The number of nitrogens with zero attached hydrogens (tertiary/aromatic N) is 2. The molecule has 0 radical (unpaired) electrons. The van der Waals surface area contributed by atoms with E-state index < -0.39 is 0 Å². The largest absolute Gasteiger partial charge is 0.336 e. The van der Waals surface area contributed by atoms with Crippen molar-refractivity contribution in [3.8, 4) is 11.4 Å². The van der Waals surface area contributed by atoms with E-state index in [1.54, 1.807) is 6.20 Å². The fraction of sp³-hybridized carbons (Fsp3) is 0.143. The Labute approximate surface area is 105 Å². The fourth-order valence-corrected chi connectivity index (χ4v) is 2.02. The molecule has 2 heterocycles. The maximum atomic E-state index is 5.65. The summed E-state index contributed by atoms with van der Waals surface area (Å²) in [7, 11) is 0. The monoisotopic (exact) mass is 238 g/mol. The first-order valence-corrected chi connectivity index (χ1v) is 5.88. The van der Waals surface area contributed by atoms with Crippen molar-refractivity contribution in [1.82, 2.24) is 15.0 Å². The van der Waals surface area contributed by atoms with Crippen molar-refractivity contribution in [1.29, 1.82) is 0 Å². The average molecular weight is 238 g/mol. The number of imidazole rings is 1. The average Bonchev–Trinajstić information content (AvgIpc) is 2.84. The van der Waals surface area contributed by atoms with Crippen LogP contribution in [-0.2, 0) is 6.54 Å². The number of hydrogen-bond acceptors (Lipinski definition) is 3. The molecule has 0 aliphatic carbocycles. The van der Waals surface area contributed by atoms with Gasteiger partial charge in [0.1, 0.15) is 5.82 Å². The lowest BCUT2D eigenvalue weighted by Gasteiger charge is -1.99. The fourth-order valence-electron chi connectivity index (χ4n) is 2.02. The molecule has 0 atom stereocenters. The molecule has 0 amide bonds. The summed E-state index contributed by atoms with van der Waals surface area (Å²) < 4.78 is 0. The molecule has 0 unspecified atom stereocenters. The molecule has 0 aliphatic rings. The highest BCUT2D eigenvalue weighted by Crippen LogP contribution is 2.21. The minimum Gasteiger partial charge on any atom is -0.336 e. The van der Waals surface area contributed by atoms with Gasteiger partial charge in [-0.05, 0) is 30.2 Å². The maximum absolute atomic E-state index is 5.65. The van der Waals surface area contributed by atoms with Crippen LogP contribution in [0.2, 0.25) is 0 Å². The minimum atomic E-state index is 0.533. The van der Waals surface area contributed by atoms with Crippen LogP contribution in [0.25, 0.3) is 22.6 Å². The number of nitrogens with two attached hydrogens (primary N) is 1. The van der Waals surface area contributed by atoms with Crippen LogP contribution < -0.4 is 5.73 Å². The van der Waals surface area contributed by atoms with E-state index >= 15 is 0 Å². The Bertz CT molecular complexity index is 700. The van der Waals surface area contributed by atoms with Crippen molar-refractivity contribution in [2.24, 2.45) is 5.73 Å². The number of pyridine rings is 1. The minimum absolute atomic E-state index is 0.533. The standard InChI is InChI=1S/C14H14N4/c1-9-5-6-16-14-12(9)17-13(18-14)11-4-2-3-10(7-11)8-15/h2-7H,8,15H2,1H3,(H,16,17,18). The van der Waals surface area contributed by atoms with Gasteiger partial charge < -0.3 is 10.7 Å². The lowest BCUT2D eigenvalue weighted by atomic mass is 10.1. The Kier molecular flexibility index (Phi) is 2.57. The zero-order chi connectivity index (χ0) is 12.5. The first kappa shape index (κ1) is 10.9. The maximum Gasteiger partial charge on any atom is 0.178 e. The summed E-state index contributed by atoms with van der Waals surface area (Å²) in [4.78, 5) is 12.1. The summed E-state index contributed by atoms with van der Waals surface area (Å²) in [5, 5.41) is 0. The van der Waals surface area contributed by atoms with Crippen molar-refractivity contribution >= 4 is 11.2 Å². The highest BCUT2D eigenvalue weighted by Gasteiger charge is 2.07. The van der Waals surface area contributed by atoms with E-state index in [1.807, 2.05) is 37.3 Å². The Morgan fingerprint density at radius 1 is 1.28 bits per heavy atom. The summed E-state index contributed by atoms with van der Waals surface area (Å²) >= 11 is 0. The molecule has 0 saturated heterocycles. The Morgan fingerprint density at radius 3 is 2.94 bits per heavy atom. The van der Waals surface area contributed by atoms with Crippen molar-refractivity contribution in [2.45, 2.75) is 13.5 Å². The van der Waals surface area contributed by atoms with Crippen molar-refractivity contribution in [3.05, 3.63) is 47.7 Å². The molecular formula is C14H14N4. The topological polar surface area (TPSA) is 67.6 Å². The van der Waals surface area contributed by atoms with Gasteiger partial charge in [0.05, 0.1) is 5.52 Å². The van der Waals surface area contributed by atoms with Gasteiger partial charge >= 0.3 is 0 Å². The number of hydrogen-bond donors (Lipinski definition) is 2. The number of aryl methyl sites for hydroxylation is 1. The molecular weight excluding hydrogens is 224 g/mol. The zero-order valence-electron chi connectivity index (χ0n) is 10.1. The normalized spacial score (nSPS) is 11.0. The molecule has 1 aromatic carbocycles. The van der Waals surface area contributed by atoms with E-state index in [1.165, 1.54) is 0 Å². The first-order chi connectivity index (χ1) is 8.78. The molecule has 4 nitrogen and oxygen atoms in total. The van der Waals surface area contributed by atoms with E-state index in [9.17, 15) is 0 Å². The van der Waals surface area contributed by atoms with Crippen LogP contribution >= 0.6 is 0 Å². The SMILES string of the molecule is Cc1ccnc2nc(-c3cccc(CN)c3)[nH]c12. The molecule has 4 heteroatoms. The third kappa shape index (κ3) is 1.76. The van der Waals surface area contributed by atoms with Gasteiger partial charge in [0, 0.05) is 18.3 Å². The van der Waals surface area contributed by atoms with Crippen LogP contribution in [0.4, 0.5) is 0 Å². The number of H-pyrrole nitrogens is 1. The number of aromatic amines is 1. The van der Waals surface area contributed by atoms with Gasteiger partial charge in [-0.25, -0.2) is 9.97 Å². The highest BCUT2D eigenvalue weighted by atomic mass is 15.0. The van der Waals surface area contributed by atoms with Crippen molar-refractivity contribution in [2.75, 3.05) is 0 Å².